The summed E-state index contributed by atoms with van der Waals surface area (Å²) in [6, 6.07) is 5.44. The Morgan fingerprint density at radius 3 is 1.65 bits per heavy atom. The molecule has 3 nitrogen and oxygen atoms in total. The molecule has 0 bridgehead atoms. The first-order valence-corrected chi connectivity index (χ1v) is 9.47. The predicted octanol–water partition coefficient (Wildman–Crippen LogP) is 4.44. The van der Waals surface area contributed by atoms with Gasteiger partial charge in [0, 0.05) is 0 Å². The molecule has 0 heterocycles. The molecule has 0 aliphatic heterocycles. The van der Waals surface area contributed by atoms with Crippen LogP contribution in [-0.2, 0) is 12.6 Å². The van der Waals surface area contributed by atoms with E-state index in [1.165, 1.54) is 0 Å². The van der Waals surface area contributed by atoms with Crippen molar-refractivity contribution in [2.45, 2.75) is 75.9 Å². The van der Waals surface area contributed by atoms with Gasteiger partial charge < -0.3 is 15.9 Å². The molecule has 150 valence electrons. The Kier molecular flexibility index (Phi) is 10.2. The number of halogens is 3. The number of nitrogens with two attached hydrogens (primary N) is 1. The van der Waals surface area contributed by atoms with Crippen LogP contribution in [0.3, 0.4) is 0 Å². The number of aliphatic hydroxyl groups excluding tert-OH is 2. The lowest BCUT2D eigenvalue weighted by atomic mass is 9.94. The molecule has 0 radical (unpaired) electrons. The van der Waals surface area contributed by atoms with Crippen molar-refractivity contribution < 1.29 is 23.4 Å². The number of benzene rings is 1. The lowest BCUT2D eigenvalue weighted by Gasteiger charge is -2.24. The molecule has 0 amide bonds. The minimum absolute atomic E-state index is 0.192. The van der Waals surface area contributed by atoms with Crippen LogP contribution in [-0.4, -0.2) is 29.0 Å². The molecular formula is C20H32F3NO2. The van der Waals surface area contributed by atoms with Gasteiger partial charge in [-0.05, 0) is 37.0 Å². The van der Waals surface area contributed by atoms with Gasteiger partial charge in [0.15, 0.2) is 0 Å². The van der Waals surface area contributed by atoms with Crippen molar-refractivity contribution in [1.29, 1.82) is 0 Å². The summed E-state index contributed by atoms with van der Waals surface area (Å²) in [7, 11) is 0. The first kappa shape index (κ1) is 22.9. The SMILES string of the molecule is NC(CO)(CO)CCCCCCCCCCc1ccc(C(F)(F)F)cc1. The highest BCUT2D eigenvalue weighted by Gasteiger charge is 2.29. The second-order valence-electron chi connectivity index (χ2n) is 7.20. The van der Waals surface area contributed by atoms with Gasteiger partial charge in [-0.3, -0.25) is 0 Å². The molecule has 0 aromatic heterocycles. The summed E-state index contributed by atoms with van der Waals surface area (Å²) in [6.07, 6.45) is 5.77. The quantitative estimate of drug-likeness (QED) is 0.447. The van der Waals surface area contributed by atoms with Crippen LogP contribution < -0.4 is 5.73 Å². The third-order valence-corrected chi connectivity index (χ3v) is 4.80. The number of hydrogen-bond donors (Lipinski definition) is 3. The Morgan fingerprint density at radius 1 is 0.731 bits per heavy atom. The third-order valence-electron chi connectivity index (χ3n) is 4.80. The maximum Gasteiger partial charge on any atom is 0.416 e. The van der Waals surface area contributed by atoms with Crippen LogP contribution in [0, 0.1) is 0 Å². The number of hydrogen-bond acceptors (Lipinski definition) is 3. The summed E-state index contributed by atoms with van der Waals surface area (Å²) in [4.78, 5) is 0. The van der Waals surface area contributed by atoms with Crippen molar-refractivity contribution in [1.82, 2.24) is 0 Å². The summed E-state index contributed by atoms with van der Waals surface area (Å²) in [5, 5.41) is 18.2. The van der Waals surface area contributed by atoms with Crippen molar-refractivity contribution in [3.8, 4) is 0 Å². The maximum atomic E-state index is 12.5. The molecule has 0 spiro atoms. The summed E-state index contributed by atoms with van der Waals surface area (Å²) >= 11 is 0. The Bertz CT molecular complexity index is 485. The fraction of sp³-hybridized carbons (Fsp3) is 0.700. The van der Waals surface area contributed by atoms with E-state index in [0.29, 0.717) is 6.42 Å². The van der Waals surface area contributed by atoms with Crippen LogP contribution in [0.4, 0.5) is 13.2 Å². The molecule has 1 aromatic carbocycles. The van der Waals surface area contributed by atoms with E-state index in [9.17, 15) is 13.2 Å². The summed E-state index contributed by atoms with van der Waals surface area (Å²) in [5.41, 5.74) is 5.33. The molecule has 1 aromatic rings. The monoisotopic (exact) mass is 375 g/mol. The lowest BCUT2D eigenvalue weighted by Crippen LogP contribution is -2.47. The fourth-order valence-electron chi connectivity index (χ4n) is 2.94. The zero-order valence-electron chi connectivity index (χ0n) is 15.4. The van der Waals surface area contributed by atoms with Crippen molar-refractivity contribution >= 4 is 0 Å². The highest BCUT2D eigenvalue weighted by molar-refractivity contribution is 5.24. The Hall–Kier alpha value is -1.11. The van der Waals surface area contributed by atoms with Crippen molar-refractivity contribution in [2.24, 2.45) is 5.73 Å². The van der Waals surface area contributed by atoms with E-state index in [4.69, 9.17) is 15.9 Å². The van der Waals surface area contributed by atoms with Gasteiger partial charge in [0.1, 0.15) is 0 Å². The highest BCUT2D eigenvalue weighted by atomic mass is 19.4. The van der Waals surface area contributed by atoms with Gasteiger partial charge >= 0.3 is 6.18 Å². The van der Waals surface area contributed by atoms with Crippen LogP contribution in [0.25, 0.3) is 0 Å². The molecule has 0 aliphatic rings. The lowest BCUT2D eigenvalue weighted by molar-refractivity contribution is -0.137. The zero-order valence-corrected chi connectivity index (χ0v) is 15.4. The second kappa shape index (κ2) is 11.6. The number of alkyl halides is 3. The molecule has 0 saturated heterocycles. The minimum Gasteiger partial charge on any atom is -0.394 e. The second-order valence-corrected chi connectivity index (χ2v) is 7.20. The molecule has 0 saturated carbocycles. The fourth-order valence-corrected chi connectivity index (χ4v) is 2.94. The standard InChI is InChI=1S/C20H32F3NO2/c21-20(22,23)18-12-10-17(11-13-18)9-7-5-3-1-2-4-6-8-14-19(24,15-25)16-26/h10-13,25-26H,1-9,14-16,24H2. The van der Waals surface area contributed by atoms with E-state index < -0.39 is 17.3 Å². The number of rotatable bonds is 13. The number of unbranched alkanes of at least 4 members (excludes halogenated alkanes) is 7. The third kappa shape index (κ3) is 9.01. The van der Waals surface area contributed by atoms with Gasteiger partial charge in [-0.2, -0.15) is 13.2 Å². The van der Waals surface area contributed by atoms with Gasteiger partial charge in [-0.1, -0.05) is 57.1 Å². The molecule has 1 rings (SSSR count). The average Bonchev–Trinajstić information content (AvgIpc) is 2.62. The first-order chi connectivity index (χ1) is 12.3. The topological polar surface area (TPSA) is 66.5 Å². The van der Waals surface area contributed by atoms with Gasteiger partial charge in [-0.15, -0.1) is 0 Å². The van der Waals surface area contributed by atoms with Gasteiger partial charge in [-0.25, -0.2) is 0 Å². The molecular weight excluding hydrogens is 343 g/mol. The largest absolute Gasteiger partial charge is 0.416 e. The van der Waals surface area contributed by atoms with Crippen molar-refractivity contribution in [3.63, 3.8) is 0 Å². The van der Waals surface area contributed by atoms with Crippen LogP contribution in [0.2, 0.25) is 0 Å². The Balaban J connectivity index is 2.01. The van der Waals surface area contributed by atoms with Crippen LogP contribution in [0.1, 0.15) is 68.9 Å². The van der Waals surface area contributed by atoms with E-state index in [0.717, 1.165) is 75.5 Å². The average molecular weight is 375 g/mol. The van der Waals surface area contributed by atoms with Crippen LogP contribution in [0.15, 0.2) is 24.3 Å². The molecule has 0 unspecified atom stereocenters. The van der Waals surface area contributed by atoms with Crippen molar-refractivity contribution in [2.75, 3.05) is 13.2 Å². The molecule has 4 N–H and O–H groups in total. The maximum absolute atomic E-state index is 12.5. The van der Waals surface area contributed by atoms with E-state index in [1.807, 2.05) is 0 Å². The summed E-state index contributed by atoms with van der Waals surface area (Å²) in [6.45, 7) is -0.384. The molecule has 0 aliphatic carbocycles. The number of aryl methyl sites for hydroxylation is 1. The smallest absolute Gasteiger partial charge is 0.394 e. The summed E-state index contributed by atoms with van der Waals surface area (Å²) < 4.78 is 37.5. The predicted molar refractivity (Wildman–Crippen MR) is 97.8 cm³/mol. The molecule has 0 fully saturated rings. The van der Waals surface area contributed by atoms with Crippen LogP contribution in [0.5, 0.6) is 0 Å². The summed E-state index contributed by atoms with van der Waals surface area (Å²) in [5.74, 6) is 0. The van der Waals surface area contributed by atoms with Gasteiger partial charge in [0.05, 0.1) is 24.3 Å². The van der Waals surface area contributed by atoms with E-state index in [-0.39, 0.29) is 13.2 Å². The minimum atomic E-state index is -4.26. The van der Waals surface area contributed by atoms with Gasteiger partial charge in [0.25, 0.3) is 0 Å². The molecule has 6 heteroatoms. The molecule has 0 atom stereocenters. The molecule has 26 heavy (non-hydrogen) atoms. The van der Waals surface area contributed by atoms with E-state index in [1.54, 1.807) is 12.1 Å². The van der Waals surface area contributed by atoms with Crippen molar-refractivity contribution in [3.05, 3.63) is 35.4 Å². The Morgan fingerprint density at radius 2 is 1.19 bits per heavy atom. The normalized spacial score (nSPS) is 12.5. The first-order valence-electron chi connectivity index (χ1n) is 9.47. The number of aliphatic hydroxyl groups is 2. The zero-order chi connectivity index (χ0) is 19.5. The van der Waals surface area contributed by atoms with E-state index >= 15 is 0 Å². The van der Waals surface area contributed by atoms with Crippen LogP contribution >= 0.6 is 0 Å². The Labute approximate surface area is 154 Å². The van der Waals surface area contributed by atoms with Gasteiger partial charge in [0.2, 0.25) is 0 Å². The van der Waals surface area contributed by atoms with E-state index in [2.05, 4.69) is 0 Å². The highest BCUT2D eigenvalue weighted by Crippen LogP contribution is 2.29.